The maximum atomic E-state index is 12.1. The molecule has 4 heterocycles. The molecule has 4 saturated heterocycles. The van der Waals surface area contributed by atoms with Crippen LogP contribution in [-0.2, 0) is 152 Å². The van der Waals surface area contributed by atoms with E-state index in [0.717, 1.165) is 6.08 Å². The molecule has 4 aliphatic carbocycles. The van der Waals surface area contributed by atoms with Crippen LogP contribution in [0.25, 0.3) is 0 Å². The minimum Gasteiger partial charge on any atom is -0.462 e. The van der Waals surface area contributed by atoms with E-state index in [-0.39, 0.29) is 94.1 Å². The third-order valence-corrected chi connectivity index (χ3v) is 22.2. The second kappa shape index (κ2) is 32.4. The summed E-state index contributed by atoms with van der Waals surface area (Å²) in [5, 5.41) is -2.54. The maximum absolute atomic E-state index is 12.1. The van der Waals surface area contributed by atoms with Crippen LogP contribution in [0, 0.1) is 0 Å². The fourth-order valence-corrected chi connectivity index (χ4v) is 16.6. The van der Waals surface area contributed by atoms with Crippen LogP contribution >= 0.6 is 0 Å². The predicted molar refractivity (Wildman–Crippen MR) is 307 cm³/mol. The van der Waals surface area contributed by atoms with E-state index in [4.69, 9.17) is 68.8 Å². The molecule has 36 heteroatoms. The average molecular weight is 1380 g/mol. The van der Waals surface area contributed by atoms with Crippen LogP contribution in [0.2, 0.25) is 0 Å². The molecular formula is C55H78O32S4. The van der Waals surface area contributed by atoms with E-state index in [1.807, 2.05) is 0 Å². The second-order valence-electron chi connectivity index (χ2n) is 22.1. The van der Waals surface area contributed by atoms with Crippen molar-refractivity contribution in [1.29, 1.82) is 0 Å². The van der Waals surface area contributed by atoms with Gasteiger partial charge in [-0.15, -0.1) is 0 Å². The molecule has 91 heavy (non-hydrogen) atoms. The van der Waals surface area contributed by atoms with Gasteiger partial charge in [0.2, 0.25) is 0 Å². The Kier molecular flexibility index (Phi) is 27.0. The van der Waals surface area contributed by atoms with Crippen molar-refractivity contribution < 1.29 is 146 Å². The van der Waals surface area contributed by atoms with E-state index in [9.17, 15) is 72.0 Å². The summed E-state index contributed by atoms with van der Waals surface area (Å²) in [6.45, 7) is 20.4. The van der Waals surface area contributed by atoms with Gasteiger partial charge in [0.15, 0.2) is 36.6 Å². The molecule has 0 aromatic heterocycles. The largest absolute Gasteiger partial charge is 0.462 e. The van der Waals surface area contributed by atoms with Gasteiger partial charge < -0.3 is 56.8 Å². The third kappa shape index (κ3) is 20.1. The number of ether oxygens (including phenoxy) is 12. The van der Waals surface area contributed by atoms with E-state index in [1.54, 1.807) is 0 Å². The fraction of sp³-hybridized carbons (Fsp3) is 0.709. The van der Waals surface area contributed by atoms with Crippen molar-refractivity contribution >= 4 is 88.2 Å². The first-order valence-corrected chi connectivity index (χ1v) is 34.2. The first-order valence-electron chi connectivity index (χ1n) is 28.4. The van der Waals surface area contributed by atoms with E-state index in [1.165, 1.54) is 63.1 Å². The summed E-state index contributed by atoms with van der Waals surface area (Å²) in [6.07, 6.45) is -8.32. The maximum Gasteiger partial charge on any atom is 0.347 e. The molecule has 0 amide bonds. The van der Waals surface area contributed by atoms with Crippen molar-refractivity contribution in [3.8, 4) is 0 Å². The number of hydrogen-bond acceptors (Lipinski definition) is 32. The molecule has 0 spiro atoms. The van der Waals surface area contributed by atoms with Gasteiger partial charge in [0, 0.05) is 51.2 Å². The molecule has 8 aliphatic rings. The zero-order chi connectivity index (χ0) is 68.2. The van der Waals surface area contributed by atoms with Crippen LogP contribution in [0.3, 0.4) is 0 Å². The molecule has 18 atom stereocenters. The second-order valence-corrected chi connectivity index (χ2v) is 29.5. The Morgan fingerprint density at radius 3 is 0.945 bits per heavy atom. The van der Waals surface area contributed by atoms with Crippen molar-refractivity contribution in [1.82, 2.24) is 0 Å². The highest BCUT2D eigenvalue weighted by Gasteiger charge is 2.57. The van der Waals surface area contributed by atoms with Gasteiger partial charge in [0.25, 0.3) is 40.5 Å². The Hall–Kier alpha value is -5.80. The van der Waals surface area contributed by atoms with Gasteiger partial charge in [0.05, 0.1) is 58.3 Å². The summed E-state index contributed by atoms with van der Waals surface area (Å²) in [6, 6.07) is 0. The first kappa shape index (κ1) is 75.9. The highest BCUT2D eigenvalue weighted by Crippen LogP contribution is 2.42. The van der Waals surface area contributed by atoms with Crippen molar-refractivity contribution in [3.63, 3.8) is 0 Å². The molecule has 0 radical (unpaired) electrons. The van der Waals surface area contributed by atoms with Gasteiger partial charge in [-0.3, -0.25) is 26.3 Å². The van der Waals surface area contributed by atoms with Crippen molar-refractivity contribution in [2.45, 2.75) is 205 Å². The fourth-order valence-electron chi connectivity index (χ4n) is 10.5. The summed E-state index contributed by atoms with van der Waals surface area (Å²) in [4.78, 5) is 92.7. The van der Waals surface area contributed by atoms with E-state index in [2.05, 4.69) is 31.1 Å². The van der Waals surface area contributed by atoms with Crippen LogP contribution in [0.15, 0.2) is 49.1 Å². The van der Waals surface area contributed by atoms with Crippen molar-refractivity contribution in [3.05, 3.63) is 49.1 Å². The number of methoxy groups -OCH3 is 4. The van der Waals surface area contributed by atoms with Crippen LogP contribution < -0.4 is 0 Å². The van der Waals surface area contributed by atoms with Gasteiger partial charge in [0.1, 0.15) is 37.6 Å². The lowest BCUT2D eigenvalue weighted by Gasteiger charge is -2.32. The Morgan fingerprint density at radius 2 is 0.692 bits per heavy atom. The molecule has 18 unspecified atom stereocenters. The molecule has 4 aliphatic heterocycles. The molecule has 4 saturated carbocycles. The lowest BCUT2D eigenvalue weighted by atomic mass is 9.91. The topological polar surface area (TPSA) is 421 Å². The van der Waals surface area contributed by atoms with Crippen LogP contribution in [0.5, 0.6) is 0 Å². The number of esters is 8. The number of hydrogen-bond donors (Lipinski definition) is 0. The summed E-state index contributed by atoms with van der Waals surface area (Å²) < 4.78 is 176. The number of carbonyl (C=O) groups is 8. The molecule has 8 bridgehead atoms. The zero-order valence-electron chi connectivity index (χ0n) is 51.5. The van der Waals surface area contributed by atoms with Crippen LogP contribution in [-0.4, -0.2) is 230 Å². The zero-order valence-corrected chi connectivity index (χ0v) is 54.7. The summed E-state index contributed by atoms with van der Waals surface area (Å²) >= 11 is 0. The molecule has 0 aromatic rings. The monoisotopic (exact) mass is 1380 g/mol. The van der Waals surface area contributed by atoms with Crippen molar-refractivity contribution in [2.24, 2.45) is 0 Å². The SMILES string of the molecule is C=C(C)C(=O)OC(C)C(=O)OC1C(OC)CC2CC1OS2(=O)=O.C=C(C)C(=O)OC(C)C(=O)OC1C(OC)CC2CC1OS2(=O)=O.C=C(C)C(=O)OCCC(=O)OC1C(OC)CC2CC1OS2(=O)=O.C=CC(=O)OCCC(=O)OC1C(OC)CC2CC1OS2(=O)=O. The standard InChI is InChI=1S/3C14H20O8S.C13H18O8S/c2*1-7(2)13(15)20-8(3)14(16)21-12-10(19-4)5-9-6-11(12)22-23(9,17)18;1-8(2)14(16)20-5-4-12(15)21-13-10(19-3)6-9-7-11(13)22-23(9,17)18;1-3-11(14)19-5-4-12(15)20-13-9(18-2)6-8-7-10(13)21-22(8,16)17/h2*8-12H,1,5-6H2,2-4H3;9-11,13H,1,4-7H2,2-3H3;3,8-10,13H,1,4-7H2,2H3. The van der Waals surface area contributed by atoms with Crippen LogP contribution in [0.4, 0.5) is 0 Å². The van der Waals surface area contributed by atoms with Gasteiger partial charge >= 0.3 is 47.8 Å². The summed E-state index contributed by atoms with van der Waals surface area (Å²) in [7, 11) is -8.88. The van der Waals surface area contributed by atoms with Gasteiger partial charge in [-0.1, -0.05) is 26.3 Å². The Labute approximate surface area is 527 Å². The Bertz CT molecular complexity index is 3110. The normalized spacial score (nSPS) is 32.3. The quantitative estimate of drug-likeness (QED) is 0.0628. The average Bonchev–Trinajstić information content (AvgIpc) is 1.68. The van der Waals surface area contributed by atoms with Gasteiger partial charge in [-0.2, -0.15) is 33.7 Å². The number of carbonyl (C=O) groups excluding carboxylic acids is 8. The minimum absolute atomic E-state index is 0.138. The van der Waals surface area contributed by atoms with Gasteiger partial charge in [-0.05, 0) is 86.0 Å². The summed E-state index contributed by atoms with van der Waals surface area (Å²) in [5.74, 6) is -5.45. The smallest absolute Gasteiger partial charge is 0.347 e. The molecule has 514 valence electrons. The molecule has 8 rings (SSSR count). The predicted octanol–water partition coefficient (Wildman–Crippen LogP) is 0.861. The molecule has 8 fully saturated rings. The highest BCUT2D eigenvalue weighted by atomic mass is 32.2. The van der Waals surface area contributed by atoms with Crippen LogP contribution in [0.1, 0.15) is 98.8 Å². The minimum atomic E-state index is -3.65. The molecular weight excluding hydrogens is 1300 g/mol. The van der Waals surface area contributed by atoms with E-state index >= 15 is 0 Å². The highest BCUT2D eigenvalue weighted by molar-refractivity contribution is 7.88. The lowest BCUT2D eigenvalue weighted by molar-refractivity contribution is -0.181. The number of fused-ring (bicyclic) bond motifs is 8. The van der Waals surface area contributed by atoms with E-state index < -0.39 is 195 Å². The Morgan fingerprint density at radius 1 is 0.429 bits per heavy atom. The number of rotatable bonds is 22. The van der Waals surface area contributed by atoms with Crippen molar-refractivity contribution in [2.75, 3.05) is 41.7 Å². The first-order chi connectivity index (χ1) is 42.4. The molecule has 0 N–H and O–H groups in total. The lowest BCUT2D eigenvalue weighted by Crippen LogP contribution is -2.47. The Balaban J connectivity index is 0.000000220. The summed E-state index contributed by atoms with van der Waals surface area (Å²) in [5.41, 5.74) is 0.552. The third-order valence-electron chi connectivity index (χ3n) is 15.3. The molecule has 32 nitrogen and oxygen atoms in total. The van der Waals surface area contributed by atoms with E-state index in [0.29, 0.717) is 0 Å². The van der Waals surface area contributed by atoms with Gasteiger partial charge in [-0.25, -0.2) is 28.8 Å². The molecule has 0 aromatic carbocycles.